The molecule has 0 atom stereocenters. The first-order chi connectivity index (χ1) is 12.8. The fourth-order valence-corrected chi connectivity index (χ4v) is 2.94. The molecule has 3 rings (SSSR count). The van der Waals surface area contributed by atoms with Crippen molar-refractivity contribution >= 4 is 45.4 Å². The number of ether oxygens (including phenoxy) is 1. The van der Waals surface area contributed by atoms with Crippen molar-refractivity contribution in [2.45, 2.75) is 6.36 Å². The first-order valence-electron chi connectivity index (χ1n) is 7.44. The van der Waals surface area contributed by atoms with Gasteiger partial charge in [0.25, 0.3) is 5.91 Å². The zero-order chi connectivity index (χ0) is 19.4. The number of alkyl halides is 3. The van der Waals surface area contributed by atoms with Crippen molar-refractivity contribution in [2.75, 3.05) is 10.6 Å². The summed E-state index contributed by atoms with van der Waals surface area (Å²) in [7, 11) is 0. The molecule has 2 N–H and O–H groups in total. The van der Waals surface area contributed by atoms with Gasteiger partial charge in [-0.15, -0.1) is 24.5 Å². The van der Waals surface area contributed by atoms with E-state index in [1.54, 1.807) is 29.6 Å². The highest BCUT2D eigenvalue weighted by atomic mass is 35.5. The molecule has 0 unspecified atom stereocenters. The molecule has 27 heavy (non-hydrogen) atoms. The molecule has 0 spiro atoms. The molecule has 0 saturated heterocycles. The Kier molecular flexibility index (Phi) is 5.52. The maximum atomic E-state index is 12.2. The van der Waals surface area contributed by atoms with E-state index in [1.807, 2.05) is 0 Å². The van der Waals surface area contributed by atoms with E-state index in [9.17, 15) is 18.0 Å². The van der Waals surface area contributed by atoms with Crippen LogP contribution in [-0.4, -0.2) is 17.3 Å². The van der Waals surface area contributed by atoms with Gasteiger partial charge >= 0.3 is 6.36 Å². The Morgan fingerprint density at radius 1 is 1.11 bits per heavy atom. The zero-order valence-electron chi connectivity index (χ0n) is 13.4. The van der Waals surface area contributed by atoms with Gasteiger partial charge in [0.05, 0.1) is 10.7 Å². The number of nitrogens with zero attached hydrogens (tertiary/aromatic N) is 1. The Morgan fingerprint density at radius 3 is 2.48 bits per heavy atom. The Labute approximate surface area is 160 Å². The lowest BCUT2D eigenvalue weighted by atomic mass is 10.3. The van der Waals surface area contributed by atoms with Crippen LogP contribution in [0.15, 0.2) is 53.9 Å². The molecule has 0 radical (unpaired) electrons. The van der Waals surface area contributed by atoms with Crippen molar-refractivity contribution in [3.05, 3.63) is 64.6 Å². The third kappa shape index (κ3) is 5.35. The topological polar surface area (TPSA) is 63.2 Å². The first kappa shape index (κ1) is 19.0. The summed E-state index contributed by atoms with van der Waals surface area (Å²) in [6, 6.07) is 12.0. The summed E-state index contributed by atoms with van der Waals surface area (Å²) < 4.78 is 40.3. The number of nitrogens with one attached hydrogen (secondary N) is 2. The SMILES string of the molecule is O=C(Nc1ccccc1Cl)c1csc(Nc2ccc(OC(F)(F)F)cc2)n1. The van der Waals surface area contributed by atoms with E-state index >= 15 is 0 Å². The number of hydrogen-bond acceptors (Lipinski definition) is 5. The predicted molar refractivity (Wildman–Crippen MR) is 97.9 cm³/mol. The molecule has 0 fully saturated rings. The van der Waals surface area contributed by atoms with Gasteiger partial charge in [-0.05, 0) is 36.4 Å². The van der Waals surface area contributed by atoms with Crippen LogP contribution in [0.4, 0.5) is 29.7 Å². The third-order valence-corrected chi connectivity index (χ3v) is 4.29. The van der Waals surface area contributed by atoms with E-state index in [2.05, 4.69) is 20.4 Å². The number of rotatable bonds is 5. The van der Waals surface area contributed by atoms with E-state index in [4.69, 9.17) is 11.6 Å². The molecule has 140 valence electrons. The molecule has 0 aliphatic carbocycles. The number of aromatic nitrogens is 1. The number of halogens is 4. The van der Waals surface area contributed by atoms with Crippen LogP contribution in [0.25, 0.3) is 0 Å². The Morgan fingerprint density at radius 2 is 1.81 bits per heavy atom. The van der Waals surface area contributed by atoms with Crippen molar-refractivity contribution in [1.29, 1.82) is 0 Å². The summed E-state index contributed by atoms with van der Waals surface area (Å²) in [6.07, 6.45) is -4.74. The third-order valence-electron chi connectivity index (χ3n) is 3.20. The van der Waals surface area contributed by atoms with Crippen LogP contribution < -0.4 is 15.4 Å². The van der Waals surface area contributed by atoms with Crippen LogP contribution in [0.1, 0.15) is 10.5 Å². The van der Waals surface area contributed by atoms with Gasteiger partial charge in [0.1, 0.15) is 11.4 Å². The maximum absolute atomic E-state index is 12.2. The fraction of sp³-hybridized carbons (Fsp3) is 0.0588. The number of anilines is 3. The van der Waals surface area contributed by atoms with Crippen LogP contribution in [0.2, 0.25) is 5.02 Å². The van der Waals surface area contributed by atoms with E-state index < -0.39 is 12.3 Å². The highest BCUT2D eigenvalue weighted by Gasteiger charge is 2.30. The summed E-state index contributed by atoms with van der Waals surface area (Å²) in [6.45, 7) is 0. The number of para-hydroxylation sites is 1. The van der Waals surface area contributed by atoms with Crippen LogP contribution >= 0.6 is 22.9 Å². The number of thiazole rings is 1. The van der Waals surface area contributed by atoms with Gasteiger partial charge in [0.15, 0.2) is 5.13 Å². The normalized spacial score (nSPS) is 11.1. The lowest BCUT2D eigenvalue weighted by Crippen LogP contribution is -2.16. The van der Waals surface area contributed by atoms with E-state index in [1.165, 1.54) is 35.6 Å². The Balaban J connectivity index is 1.64. The lowest BCUT2D eigenvalue weighted by Gasteiger charge is -2.09. The summed E-state index contributed by atoms with van der Waals surface area (Å²) in [5, 5.41) is 7.93. The maximum Gasteiger partial charge on any atom is 0.573 e. The standard InChI is InChI=1S/C17H11ClF3N3O2S/c18-12-3-1-2-4-13(12)23-15(25)14-9-27-16(24-14)22-10-5-7-11(8-6-10)26-17(19,20)21/h1-9H,(H,22,24)(H,23,25). The molecule has 1 aromatic heterocycles. The second kappa shape index (κ2) is 7.85. The zero-order valence-corrected chi connectivity index (χ0v) is 15.0. The van der Waals surface area contributed by atoms with Gasteiger partial charge in [0, 0.05) is 11.1 Å². The molecule has 0 bridgehead atoms. The second-order valence-electron chi connectivity index (χ2n) is 5.17. The van der Waals surface area contributed by atoms with Crippen LogP contribution in [0, 0.1) is 0 Å². The molecular weight excluding hydrogens is 403 g/mol. The van der Waals surface area contributed by atoms with Crippen LogP contribution in [-0.2, 0) is 0 Å². The Bertz CT molecular complexity index is 945. The molecular formula is C17H11ClF3N3O2S. The lowest BCUT2D eigenvalue weighted by molar-refractivity contribution is -0.274. The summed E-state index contributed by atoms with van der Waals surface area (Å²) in [5.74, 6) is -0.756. The number of carbonyl (C=O) groups is 1. The van der Waals surface area contributed by atoms with Gasteiger partial charge in [-0.3, -0.25) is 4.79 Å². The molecule has 3 aromatic rings. The van der Waals surface area contributed by atoms with Crippen molar-refractivity contribution in [3.63, 3.8) is 0 Å². The second-order valence-corrected chi connectivity index (χ2v) is 6.43. The average Bonchev–Trinajstić information content (AvgIpc) is 3.06. The minimum absolute atomic E-state index is 0.180. The molecule has 5 nitrogen and oxygen atoms in total. The highest BCUT2D eigenvalue weighted by Crippen LogP contribution is 2.27. The molecule has 1 amide bonds. The van der Waals surface area contributed by atoms with E-state index in [0.29, 0.717) is 21.5 Å². The van der Waals surface area contributed by atoms with Crippen molar-refractivity contribution in [2.24, 2.45) is 0 Å². The van der Waals surface area contributed by atoms with Crippen LogP contribution in [0.5, 0.6) is 5.75 Å². The Hall–Kier alpha value is -2.78. The van der Waals surface area contributed by atoms with Gasteiger partial charge < -0.3 is 15.4 Å². The summed E-state index contributed by atoms with van der Waals surface area (Å²) >= 11 is 7.17. The summed E-state index contributed by atoms with van der Waals surface area (Å²) in [4.78, 5) is 16.4. The van der Waals surface area contributed by atoms with Gasteiger partial charge in [-0.1, -0.05) is 23.7 Å². The van der Waals surface area contributed by atoms with Gasteiger partial charge in [-0.2, -0.15) is 0 Å². The van der Waals surface area contributed by atoms with Crippen molar-refractivity contribution in [1.82, 2.24) is 4.98 Å². The van der Waals surface area contributed by atoms with Crippen molar-refractivity contribution < 1.29 is 22.7 Å². The molecule has 0 aliphatic heterocycles. The predicted octanol–water partition coefficient (Wildman–Crippen LogP) is 5.69. The number of hydrogen-bond donors (Lipinski definition) is 2. The van der Waals surface area contributed by atoms with Gasteiger partial charge in [-0.25, -0.2) is 4.98 Å². The first-order valence-corrected chi connectivity index (χ1v) is 8.70. The number of carbonyl (C=O) groups excluding carboxylic acids is 1. The number of benzene rings is 2. The van der Waals surface area contributed by atoms with E-state index in [0.717, 1.165) is 0 Å². The van der Waals surface area contributed by atoms with E-state index in [-0.39, 0.29) is 11.4 Å². The highest BCUT2D eigenvalue weighted by molar-refractivity contribution is 7.14. The van der Waals surface area contributed by atoms with Crippen LogP contribution in [0.3, 0.4) is 0 Å². The fourth-order valence-electron chi connectivity index (χ4n) is 2.05. The minimum atomic E-state index is -4.74. The monoisotopic (exact) mass is 413 g/mol. The molecule has 0 saturated carbocycles. The number of amides is 1. The largest absolute Gasteiger partial charge is 0.573 e. The summed E-state index contributed by atoms with van der Waals surface area (Å²) in [5.41, 5.74) is 1.14. The smallest absolute Gasteiger partial charge is 0.406 e. The molecule has 1 heterocycles. The minimum Gasteiger partial charge on any atom is -0.406 e. The average molecular weight is 414 g/mol. The molecule has 0 aliphatic rings. The van der Waals surface area contributed by atoms with Gasteiger partial charge in [0.2, 0.25) is 0 Å². The van der Waals surface area contributed by atoms with Crippen molar-refractivity contribution in [3.8, 4) is 5.75 Å². The molecule has 2 aromatic carbocycles. The quantitative estimate of drug-likeness (QED) is 0.564. The molecule has 10 heteroatoms.